The number of aldehydes is 1. The van der Waals surface area contributed by atoms with Gasteiger partial charge in [0.2, 0.25) is 11.8 Å². The van der Waals surface area contributed by atoms with E-state index in [4.69, 9.17) is 9.47 Å². The Hall–Kier alpha value is -2.91. The van der Waals surface area contributed by atoms with Gasteiger partial charge in [-0.1, -0.05) is 32.6 Å². The van der Waals surface area contributed by atoms with E-state index >= 15 is 0 Å². The Kier molecular flexibility index (Phi) is 8.87. The molecule has 4 rings (SSSR count). The van der Waals surface area contributed by atoms with E-state index in [-0.39, 0.29) is 25.1 Å². The van der Waals surface area contributed by atoms with Gasteiger partial charge in [-0.05, 0) is 37.5 Å². The Morgan fingerprint density at radius 2 is 1.95 bits per heavy atom. The first kappa shape index (κ1) is 27.1. The van der Waals surface area contributed by atoms with Crippen molar-refractivity contribution in [2.24, 2.45) is 0 Å². The predicted molar refractivity (Wildman–Crippen MR) is 137 cm³/mol. The van der Waals surface area contributed by atoms with Crippen LogP contribution in [0.1, 0.15) is 80.1 Å². The van der Waals surface area contributed by atoms with Crippen LogP contribution in [-0.2, 0) is 9.59 Å². The summed E-state index contributed by atoms with van der Waals surface area (Å²) < 4.78 is 11.7. The fraction of sp³-hybridized carbons (Fsp3) is 0.607. The molecular weight excluding hydrogens is 476 g/mol. The maximum Gasteiger partial charge on any atom is 0.247 e. The van der Waals surface area contributed by atoms with Gasteiger partial charge in [-0.3, -0.25) is 14.4 Å². The summed E-state index contributed by atoms with van der Waals surface area (Å²) >= 11 is 0. The monoisotopic (exact) mass is 514 g/mol. The number of hydrogen-bond donors (Lipinski definition) is 3. The highest BCUT2D eigenvalue weighted by Gasteiger charge is 2.52. The van der Waals surface area contributed by atoms with Gasteiger partial charge in [-0.25, -0.2) is 0 Å². The van der Waals surface area contributed by atoms with E-state index in [0.717, 1.165) is 38.5 Å². The molecule has 3 N–H and O–H groups in total. The average Bonchev–Trinajstić information content (AvgIpc) is 3.09. The smallest absolute Gasteiger partial charge is 0.247 e. The molecule has 9 heteroatoms. The van der Waals surface area contributed by atoms with Gasteiger partial charge >= 0.3 is 0 Å². The Labute approximate surface area is 217 Å². The summed E-state index contributed by atoms with van der Waals surface area (Å²) in [5, 5.41) is 23.7. The highest BCUT2D eigenvalue weighted by molar-refractivity contribution is 5.96. The molecule has 1 saturated carbocycles. The quantitative estimate of drug-likeness (QED) is 0.341. The molecule has 202 valence electrons. The first-order chi connectivity index (χ1) is 17.9. The number of benzene rings is 1. The third kappa shape index (κ3) is 5.38. The van der Waals surface area contributed by atoms with Gasteiger partial charge in [0, 0.05) is 35.7 Å². The number of aliphatic hydroxyl groups excluding tert-OH is 2. The Balaban J connectivity index is 1.82. The molecule has 1 aromatic carbocycles. The van der Waals surface area contributed by atoms with Crippen molar-refractivity contribution in [2.45, 2.75) is 88.5 Å². The third-order valence-corrected chi connectivity index (χ3v) is 7.70. The fourth-order valence-electron chi connectivity index (χ4n) is 6.02. The van der Waals surface area contributed by atoms with Crippen LogP contribution in [0.3, 0.4) is 0 Å². The van der Waals surface area contributed by atoms with Gasteiger partial charge in [0.1, 0.15) is 18.5 Å². The minimum Gasteiger partial charge on any atom is -0.493 e. The van der Waals surface area contributed by atoms with E-state index in [1.807, 2.05) is 6.92 Å². The lowest BCUT2D eigenvalue weighted by Crippen LogP contribution is -2.58. The third-order valence-electron chi connectivity index (χ3n) is 7.70. The van der Waals surface area contributed by atoms with Crippen LogP contribution in [0.5, 0.6) is 11.5 Å². The van der Waals surface area contributed by atoms with Crippen LogP contribution in [0.25, 0.3) is 0 Å². The summed E-state index contributed by atoms with van der Waals surface area (Å²) in [6.45, 7) is 1.79. The Morgan fingerprint density at radius 1 is 1.22 bits per heavy atom. The number of rotatable bonds is 9. The zero-order valence-corrected chi connectivity index (χ0v) is 21.7. The maximum absolute atomic E-state index is 13.5. The van der Waals surface area contributed by atoms with Crippen molar-refractivity contribution in [3.8, 4) is 11.5 Å². The second-order valence-electron chi connectivity index (χ2n) is 10.1. The van der Waals surface area contributed by atoms with Crippen LogP contribution in [0, 0.1) is 0 Å². The number of aliphatic hydroxyl groups is 2. The molecule has 1 aromatic rings. The van der Waals surface area contributed by atoms with Crippen molar-refractivity contribution in [3.05, 3.63) is 34.9 Å². The molecule has 9 nitrogen and oxygen atoms in total. The molecule has 2 aliphatic carbocycles. The summed E-state index contributed by atoms with van der Waals surface area (Å²) in [7, 11) is 1.47. The number of carbonyl (C=O) groups is 3. The van der Waals surface area contributed by atoms with Crippen molar-refractivity contribution < 1.29 is 34.1 Å². The lowest BCUT2D eigenvalue weighted by Gasteiger charge is -2.44. The van der Waals surface area contributed by atoms with Crippen LogP contribution in [0.15, 0.2) is 23.8 Å². The Bertz CT molecular complexity index is 1030. The van der Waals surface area contributed by atoms with E-state index in [1.165, 1.54) is 7.11 Å². The van der Waals surface area contributed by atoms with Crippen molar-refractivity contribution in [2.75, 3.05) is 20.3 Å². The molecule has 0 spiro atoms. The van der Waals surface area contributed by atoms with Crippen LogP contribution in [0.2, 0.25) is 0 Å². The summed E-state index contributed by atoms with van der Waals surface area (Å²) in [5.41, 5.74) is 1.29. The summed E-state index contributed by atoms with van der Waals surface area (Å²) in [6.07, 6.45) is 7.45. The highest BCUT2D eigenvalue weighted by atomic mass is 16.5. The number of hydrogen-bond acceptors (Lipinski definition) is 7. The van der Waals surface area contributed by atoms with Gasteiger partial charge < -0.3 is 29.9 Å². The van der Waals surface area contributed by atoms with E-state index in [2.05, 4.69) is 5.32 Å². The molecule has 2 amide bonds. The molecule has 4 atom stereocenters. The van der Waals surface area contributed by atoms with Gasteiger partial charge in [-0.15, -0.1) is 0 Å². The minimum absolute atomic E-state index is 0.0317. The zero-order chi connectivity index (χ0) is 26.5. The largest absolute Gasteiger partial charge is 0.493 e. The van der Waals surface area contributed by atoms with Gasteiger partial charge in [0.05, 0.1) is 25.7 Å². The van der Waals surface area contributed by atoms with Gasteiger partial charge in [0.15, 0.2) is 11.5 Å². The van der Waals surface area contributed by atoms with Crippen molar-refractivity contribution in [1.82, 2.24) is 10.2 Å². The zero-order valence-electron chi connectivity index (χ0n) is 21.7. The number of methoxy groups -OCH3 is 1. The van der Waals surface area contributed by atoms with Crippen LogP contribution in [0.4, 0.5) is 0 Å². The van der Waals surface area contributed by atoms with E-state index in [9.17, 15) is 24.6 Å². The molecular formula is C28H38N2O7. The maximum atomic E-state index is 13.5. The molecule has 0 radical (unpaired) electrons. The Morgan fingerprint density at radius 3 is 2.57 bits per heavy atom. The molecule has 0 aromatic heterocycles. The molecule has 1 fully saturated rings. The normalized spacial score (nSPS) is 25.1. The molecule has 0 saturated heterocycles. The predicted octanol–water partition coefficient (Wildman–Crippen LogP) is 2.48. The standard InChI is InChI=1S/C28H38N2O7/c1-3-8-23(33)30(18-9-6-4-5-7-10-18)21-15-20(28(35)29-11-12-31)24-19-13-17(16-32)14-22(36-2)26(19)37-27(24)25(21)34/h13-16,18,21,24-25,27,31,34H,3-12H2,1-2H3,(H,29,35). The lowest BCUT2D eigenvalue weighted by atomic mass is 9.76. The number of amides is 2. The number of carbonyl (C=O) groups excluding carboxylic acids is 3. The minimum atomic E-state index is -1.10. The van der Waals surface area contributed by atoms with Gasteiger partial charge in [-0.2, -0.15) is 0 Å². The second kappa shape index (κ2) is 12.1. The van der Waals surface area contributed by atoms with Crippen molar-refractivity contribution in [1.29, 1.82) is 0 Å². The van der Waals surface area contributed by atoms with E-state index < -0.39 is 30.1 Å². The number of ether oxygens (including phenoxy) is 2. The summed E-state index contributed by atoms with van der Waals surface area (Å²) in [4.78, 5) is 40.3. The SMILES string of the molecule is CCCC(=O)N(C1CCCCCC1)C1C=C(C(=O)NCCO)C2c3cc(C=O)cc(OC)c3OC2C1O. The van der Waals surface area contributed by atoms with Crippen LogP contribution >= 0.6 is 0 Å². The summed E-state index contributed by atoms with van der Waals surface area (Å²) in [6, 6.07) is 2.44. The van der Waals surface area contributed by atoms with Crippen LogP contribution < -0.4 is 14.8 Å². The number of nitrogens with one attached hydrogen (secondary N) is 1. The highest BCUT2D eigenvalue weighted by Crippen LogP contribution is 2.51. The van der Waals surface area contributed by atoms with E-state index in [0.29, 0.717) is 47.3 Å². The molecule has 1 aliphatic heterocycles. The molecule has 37 heavy (non-hydrogen) atoms. The first-order valence-electron chi connectivity index (χ1n) is 13.4. The molecule has 1 heterocycles. The van der Waals surface area contributed by atoms with Crippen molar-refractivity contribution in [3.63, 3.8) is 0 Å². The molecule has 0 bridgehead atoms. The van der Waals surface area contributed by atoms with Crippen LogP contribution in [-0.4, -0.2) is 77.8 Å². The number of fused-ring (bicyclic) bond motifs is 3. The first-order valence-corrected chi connectivity index (χ1v) is 13.4. The molecule has 4 unspecified atom stereocenters. The topological polar surface area (TPSA) is 125 Å². The number of nitrogens with zero attached hydrogens (tertiary/aromatic N) is 1. The fourth-order valence-corrected chi connectivity index (χ4v) is 6.02. The average molecular weight is 515 g/mol. The van der Waals surface area contributed by atoms with E-state index in [1.54, 1.807) is 23.1 Å². The lowest BCUT2D eigenvalue weighted by molar-refractivity contribution is -0.141. The summed E-state index contributed by atoms with van der Waals surface area (Å²) in [5.74, 6) is -0.387. The van der Waals surface area contributed by atoms with Gasteiger partial charge in [0.25, 0.3) is 0 Å². The second-order valence-corrected chi connectivity index (χ2v) is 10.1. The molecule has 3 aliphatic rings. The van der Waals surface area contributed by atoms with Crippen molar-refractivity contribution >= 4 is 18.1 Å².